The Kier molecular flexibility index (Phi) is 6.09. The Morgan fingerprint density at radius 3 is 2.31 bits per heavy atom. The highest BCUT2D eigenvalue weighted by Gasteiger charge is 2.33. The SMILES string of the molecule is CS(=O)(=O)c1ccc(OCC(=O)N2N=C(c3ccc4ccccc4c3)CC2c2ccccc2)cc1. The summed E-state index contributed by atoms with van der Waals surface area (Å²) < 4.78 is 29.0. The van der Waals surface area contributed by atoms with Gasteiger partial charge in [-0.2, -0.15) is 5.10 Å². The number of hydrogen-bond donors (Lipinski definition) is 0. The lowest BCUT2D eigenvalue weighted by Crippen LogP contribution is -2.31. The van der Waals surface area contributed by atoms with E-state index >= 15 is 0 Å². The van der Waals surface area contributed by atoms with Crippen molar-refractivity contribution in [2.75, 3.05) is 12.9 Å². The predicted molar refractivity (Wildman–Crippen MR) is 136 cm³/mol. The normalized spacial score (nSPS) is 15.7. The molecular formula is C28H24N2O4S. The van der Waals surface area contributed by atoms with E-state index in [-0.39, 0.29) is 23.5 Å². The van der Waals surface area contributed by atoms with Crippen LogP contribution in [0.4, 0.5) is 0 Å². The Labute approximate surface area is 204 Å². The summed E-state index contributed by atoms with van der Waals surface area (Å²) in [5.74, 6) is 0.141. The molecule has 1 unspecified atom stereocenters. The van der Waals surface area contributed by atoms with E-state index in [0.717, 1.165) is 33.9 Å². The molecule has 4 aromatic carbocycles. The minimum absolute atomic E-state index is 0.199. The van der Waals surface area contributed by atoms with E-state index in [1.807, 2.05) is 48.5 Å². The van der Waals surface area contributed by atoms with Crippen LogP contribution in [0.1, 0.15) is 23.6 Å². The quantitative estimate of drug-likeness (QED) is 0.386. The number of amides is 1. The Balaban J connectivity index is 1.39. The fourth-order valence-electron chi connectivity index (χ4n) is 4.21. The van der Waals surface area contributed by atoms with E-state index in [1.165, 1.54) is 17.1 Å². The lowest BCUT2D eigenvalue weighted by molar-refractivity contribution is -0.135. The minimum atomic E-state index is -3.30. The van der Waals surface area contributed by atoms with E-state index in [0.29, 0.717) is 12.2 Å². The van der Waals surface area contributed by atoms with Gasteiger partial charge < -0.3 is 4.74 Å². The van der Waals surface area contributed by atoms with Crippen LogP contribution in [0.5, 0.6) is 5.75 Å². The Hall–Kier alpha value is -3.97. The number of hydrazone groups is 1. The van der Waals surface area contributed by atoms with Crippen LogP contribution in [0, 0.1) is 0 Å². The van der Waals surface area contributed by atoms with Gasteiger partial charge in [-0.25, -0.2) is 13.4 Å². The van der Waals surface area contributed by atoms with Crippen LogP contribution >= 0.6 is 0 Å². The largest absolute Gasteiger partial charge is 0.484 e. The molecule has 0 aromatic heterocycles. The van der Waals surface area contributed by atoms with E-state index in [4.69, 9.17) is 9.84 Å². The first-order valence-electron chi connectivity index (χ1n) is 11.2. The molecule has 0 saturated heterocycles. The van der Waals surface area contributed by atoms with Gasteiger partial charge in [-0.15, -0.1) is 0 Å². The maximum absolute atomic E-state index is 13.2. The van der Waals surface area contributed by atoms with Gasteiger partial charge in [0.05, 0.1) is 16.6 Å². The molecule has 0 N–H and O–H groups in total. The number of carbonyl (C=O) groups is 1. The van der Waals surface area contributed by atoms with Crippen molar-refractivity contribution in [3.63, 3.8) is 0 Å². The predicted octanol–water partition coefficient (Wildman–Crippen LogP) is 5.00. The molecule has 1 aliphatic rings. The molecule has 1 atom stereocenters. The molecule has 0 aliphatic carbocycles. The van der Waals surface area contributed by atoms with Crippen molar-refractivity contribution in [3.8, 4) is 5.75 Å². The molecule has 4 aromatic rings. The molecule has 6 nitrogen and oxygen atoms in total. The second-order valence-corrected chi connectivity index (χ2v) is 10.5. The number of hydrogen-bond acceptors (Lipinski definition) is 5. The summed E-state index contributed by atoms with van der Waals surface area (Å²) in [7, 11) is -3.30. The molecule has 0 spiro atoms. The molecule has 0 fully saturated rings. The molecular weight excluding hydrogens is 460 g/mol. The van der Waals surface area contributed by atoms with Crippen molar-refractivity contribution >= 4 is 32.2 Å². The van der Waals surface area contributed by atoms with Gasteiger partial charge in [0.25, 0.3) is 5.91 Å². The Morgan fingerprint density at radius 1 is 0.914 bits per heavy atom. The summed E-state index contributed by atoms with van der Waals surface area (Å²) in [5.41, 5.74) is 2.82. The lowest BCUT2D eigenvalue weighted by atomic mass is 9.97. The highest BCUT2D eigenvalue weighted by Crippen LogP contribution is 2.33. The molecule has 176 valence electrons. The van der Waals surface area contributed by atoms with Gasteiger partial charge in [-0.05, 0) is 52.2 Å². The van der Waals surface area contributed by atoms with Gasteiger partial charge in [-0.3, -0.25) is 4.79 Å². The summed E-state index contributed by atoms with van der Waals surface area (Å²) >= 11 is 0. The molecule has 1 aliphatic heterocycles. The smallest absolute Gasteiger partial charge is 0.281 e. The second-order valence-electron chi connectivity index (χ2n) is 8.51. The highest BCUT2D eigenvalue weighted by atomic mass is 32.2. The first-order chi connectivity index (χ1) is 16.9. The van der Waals surface area contributed by atoms with E-state index in [9.17, 15) is 13.2 Å². The van der Waals surface area contributed by atoms with Gasteiger partial charge in [0.15, 0.2) is 16.4 Å². The van der Waals surface area contributed by atoms with Crippen LogP contribution in [-0.4, -0.2) is 37.9 Å². The highest BCUT2D eigenvalue weighted by molar-refractivity contribution is 7.90. The molecule has 1 amide bonds. The number of sulfone groups is 1. The molecule has 35 heavy (non-hydrogen) atoms. The van der Waals surface area contributed by atoms with Crippen LogP contribution in [0.2, 0.25) is 0 Å². The monoisotopic (exact) mass is 484 g/mol. The third-order valence-electron chi connectivity index (χ3n) is 6.05. The molecule has 0 saturated carbocycles. The summed E-state index contributed by atoms with van der Waals surface area (Å²) in [6.07, 6.45) is 1.74. The maximum atomic E-state index is 13.2. The van der Waals surface area contributed by atoms with Crippen molar-refractivity contribution in [1.82, 2.24) is 5.01 Å². The summed E-state index contributed by atoms with van der Waals surface area (Å²) in [4.78, 5) is 13.4. The number of rotatable bonds is 6. The molecule has 5 rings (SSSR count). The molecule has 7 heteroatoms. The number of nitrogens with zero attached hydrogens (tertiary/aromatic N) is 2. The Morgan fingerprint density at radius 2 is 1.60 bits per heavy atom. The summed E-state index contributed by atoms with van der Waals surface area (Å²) in [6.45, 7) is -0.212. The minimum Gasteiger partial charge on any atom is -0.484 e. The first-order valence-corrected chi connectivity index (χ1v) is 13.1. The zero-order chi connectivity index (χ0) is 24.4. The van der Waals surface area contributed by atoms with Gasteiger partial charge in [0.1, 0.15) is 5.75 Å². The molecule has 0 radical (unpaired) electrons. The van der Waals surface area contributed by atoms with Crippen LogP contribution in [0.25, 0.3) is 10.8 Å². The number of benzene rings is 4. The van der Waals surface area contributed by atoms with Crippen molar-refractivity contribution < 1.29 is 17.9 Å². The number of carbonyl (C=O) groups excluding carboxylic acids is 1. The van der Waals surface area contributed by atoms with Crippen molar-refractivity contribution in [2.45, 2.75) is 17.4 Å². The number of fused-ring (bicyclic) bond motifs is 1. The zero-order valence-electron chi connectivity index (χ0n) is 19.2. The van der Waals surface area contributed by atoms with Crippen molar-refractivity contribution in [1.29, 1.82) is 0 Å². The fourth-order valence-corrected chi connectivity index (χ4v) is 4.84. The van der Waals surface area contributed by atoms with Gasteiger partial charge in [0, 0.05) is 12.7 Å². The summed E-state index contributed by atoms with van der Waals surface area (Å²) in [5, 5.41) is 8.50. The molecule has 1 heterocycles. The lowest BCUT2D eigenvalue weighted by Gasteiger charge is -2.22. The van der Waals surface area contributed by atoms with Gasteiger partial charge >= 0.3 is 0 Å². The van der Waals surface area contributed by atoms with E-state index in [2.05, 4.69) is 24.3 Å². The topological polar surface area (TPSA) is 76.0 Å². The average molecular weight is 485 g/mol. The summed E-state index contributed by atoms with van der Waals surface area (Å²) in [6, 6.07) is 30.0. The fraction of sp³-hybridized carbons (Fsp3) is 0.143. The maximum Gasteiger partial charge on any atom is 0.281 e. The van der Waals surface area contributed by atoms with Crippen molar-refractivity contribution in [2.24, 2.45) is 5.10 Å². The third kappa shape index (κ3) is 4.95. The first kappa shape index (κ1) is 22.8. The van der Waals surface area contributed by atoms with Crippen LogP contribution in [-0.2, 0) is 14.6 Å². The van der Waals surface area contributed by atoms with E-state index < -0.39 is 9.84 Å². The zero-order valence-corrected chi connectivity index (χ0v) is 20.0. The van der Waals surface area contributed by atoms with Gasteiger partial charge in [-0.1, -0.05) is 66.7 Å². The van der Waals surface area contributed by atoms with Crippen LogP contribution in [0.15, 0.2) is 107 Å². The van der Waals surface area contributed by atoms with Crippen LogP contribution in [0.3, 0.4) is 0 Å². The second kappa shape index (κ2) is 9.35. The Bertz CT molecular complexity index is 1510. The van der Waals surface area contributed by atoms with Crippen LogP contribution < -0.4 is 4.74 Å². The third-order valence-corrected chi connectivity index (χ3v) is 7.18. The average Bonchev–Trinajstić information content (AvgIpc) is 3.33. The van der Waals surface area contributed by atoms with Gasteiger partial charge in [0.2, 0.25) is 0 Å². The molecule has 0 bridgehead atoms. The standard InChI is InChI=1S/C28H24N2O4S/c1-35(32,33)25-15-13-24(14-16-25)34-19-28(31)30-27(21-8-3-2-4-9-21)18-26(29-30)23-12-11-20-7-5-6-10-22(20)17-23/h2-17,27H,18-19H2,1H3. The van der Waals surface area contributed by atoms with Crippen molar-refractivity contribution in [3.05, 3.63) is 108 Å². The van der Waals surface area contributed by atoms with E-state index in [1.54, 1.807) is 12.1 Å². The number of ether oxygens (including phenoxy) is 1.